The van der Waals surface area contributed by atoms with Crippen molar-refractivity contribution < 1.29 is 14.3 Å². The number of ether oxygens (including phenoxy) is 2. The number of amides is 1. The number of nitrogens with zero attached hydrogens (tertiary/aromatic N) is 3. The van der Waals surface area contributed by atoms with Crippen LogP contribution in [0.25, 0.3) is 0 Å². The van der Waals surface area contributed by atoms with Crippen LogP contribution in [0, 0.1) is 13.8 Å². The lowest BCUT2D eigenvalue weighted by Crippen LogP contribution is -2.31. The van der Waals surface area contributed by atoms with Gasteiger partial charge in [0.05, 0.1) is 12.7 Å². The van der Waals surface area contributed by atoms with Crippen LogP contribution in [0.2, 0.25) is 5.02 Å². The fourth-order valence-corrected chi connectivity index (χ4v) is 4.68. The Morgan fingerprint density at radius 1 is 1.05 bits per heavy atom. The highest BCUT2D eigenvalue weighted by Gasteiger charge is 2.34. The van der Waals surface area contributed by atoms with E-state index in [2.05, 4.69) is 20.7 Å². The Hall–Kier alpha value is -4.30. The minimum atomic E-state index is -0.529. The van der Waals surface area contributed by atoms with Gasteiger partial charge in [-0.15, -0.1) is 0 Å². The summed E-state index contributed by atoms with van der Waals surface area (Å²) in [6, 6.07) is 18.5. The van der Waals surface area contributed by atoms with E-state index in [1.807, 2.05) is 81.4 Å². The predicted octanol–water partition coefficient (Wildman–Crippen LogP) is 6.06. The van der Waals surface area contributed by atoms with Gasteiger partial charge in [0.2, 0.25) is 5.95 Å². The third-order valence-electron chi connectivity index (χ3n) is 6.48. The second-order valence-corrected chi connectivity index (χ2v) is 9.63. The first-order valence-corrected chi connectivity index (χ1v) is 12.5. The van der Waals surface area contributed by atoms with Crippen LogP contribution in [0.4, 0.5) is 11.6 Å². The second kappa shape index (κ2) is 10.6. The molecule has 5 rings (SSSR count). The van der Waals surface area contributed by atoms with E-state index in [9.17, 15) is 4.79 Å². The Kier molecular flexibility index (Phi) is 7.07. The monoisotopic (exact) mass is 529 g/mol. The molecule has 1 aliphatic rings. The molecule has 0 spiro atoms. The fourth-order valence-electron chi connectivity index (χ4n) is 4.55. The fraction of sp³-hybridized carbons (Fsp3) is 0.207. The van der Waals surface area contributed by atoms with Crippen LogP contribution < -0.4 is 20.1 Å². The molecule has 1 aliphatic heterocycles. The molecule has 2 N–H and O–H groups in total. The van der Waals surface area contributed by atoms with Crippen molar-refractivity contribution >= 4 is 29.1 Å². The molecule has 0 unspecified atom stereocenters. The Morgan fingerprint density at radius 2 is 1.84 bits per heavy atom. The number of anilines is 2. The Labute approximate surface area is 226 Å². The summed E-state index contributed by atoms with van der Waals surface area (Å²) in [4.78, 5) is 18.0. The number of carbonyl (C=O) groups excluding carboxylic acids is 1. The van der Waals surface area contributed by atoms with Crippen LogP contribution in [0.5, 0.6) is 11.5 Å². The summed E-state index contributed by atoms with van der Waals surface area (Å²) >= 11 is 5.99. The first-order valence-electron chi connectivity index (χ1n) is 12.1. The predicted molar refractivity (Wildman–Crippen MR) is 148 cm³/mol. The van der Waals surface area contributed by atoms with Gasteiger partial charge in [-0.3, -0.25) is 4.79 Å². The maximum atomic E-state index is 13.7. The number of fused-ring (bicyclic) bond motifs is 1. The molecule has 3 aromatic carbocycles. The molecule has 194 valence electrons. The molecule has 0 radical (unpaired) electrons. The van der Waals surface area contributed by atoms with E-state index >= 15 is 0 Å². The molecule has 4 aromatic rings. The molecule has 8 nitrogen and oxygen atoms in total. The van der Waals surface area contributed by atoms with Crippen LogP contribution in [-0.2, 0) is 11.4 Å². The number of allylic oxidation sites excluding steroid dienone is 1. The number of rotatable bonds is 7. The molecule has 0 saturated carbocycles. The van der Waals surface area contributed by atoms with Crippen LogP contribution >= 0.6 is 11.6 Å². The van der Waals surface area contributed by atoms with Gasteiger partial charge in [-0.05, 0) is 67.8 Å². The molecule has 1 atom stereocenters. The third kappa shape index (κ3) is 5.08. The minimum absolute atomic E-state index is 0.227. The molecular weight excluding hydrogens is 502 g/mol. The van der Waals surface area contributed by atoms with Gasteiger partial charge in [0.1, 0.15) is 19.0 Å². The molecule has 0 fully saturated rings. The summed E-state index contributed by atoms with van der Waals surface area (Å²) in [5, 5.41) is 11.4. The maximum Gasteiger partial charge on any atom is 0.255 e. The Balaban J connectivity index is 1.47. The van der Waals surface area contributed by atoms with Gasteiger partial charge >= 0.3 is 0 Å². The van der Waals surface area contributed by atoms with Crippen LogP contribution in [0.1, 0.15) is 35.2 Å². The highest BCUT2D eigenvalue weighted by Crippen LogP contribution is 2.39. The molecule has 0 bridgehead atoms. The maximum absolute atomic E-state index is 13.7. The number of hydrogen-bond acceptors (Lipinski definition) is 6. The molecular formula is C29H28ClN5O3. The largest absolute Gasteiger partial charge is 0.493 e. The molecule has 2 heterocycles. The van der Waals surface area contributed by atoms with Gasteiger partial charge in [-0.25, -0.2) is 4.68 Å². The third-order valence-corrected chi connectivity index (χ3v) is 6.73. The van der Waals surface area contributed by atoms with E-state index in [1.54, 1.807) is 11.8 Å². The summed E-state index contributed by atoms with van der Waals surface area (Å²) in [6.45, 7) is 6.22. The first-order chi connectivity index (χ1) is 18.3. The van der Waals surface area contributed by atoms with Gasteiger partial charge < -0.3 is 20.1 Å². The smallest absolute Gasteiger partial charge is 0.255 e. The van der Waals surface area contributed by atoms with Gasteiger partial charge in [-0.2, -0.15) is 10.1 Å². The van der Waals surface area contributed by atoms with Crippen molar-refractivity contribution in [3.05, 3.63) is 106 Å². The molecule has 0 saturated heterocycles. The standard InChI is InChI=1S/C29H28ClN5O3/c1-17-5-11-23(18(2)13-17)34-28(36)26-19(3)33-29-31-16-32-35(29)27(26)21-8-12-24(25(14-21)37-4)38-15-20-6-9-22(30)10-7-20/h5-14,16,27H,15H2,1-4H3,(H,34,36)(H,31,32,33)/t27-/m0/s1. The Bertz CT molecular complexity index is 1530. The number of hydrogen-bond donors (Lipinski definition) is 2. The number of aromatic nitrogens is 3. The quantitative estimate of drug-likeness (QED) is 0.302. The molecule has 1 amide bonds. The summed E-state index contributed by atoms with van der Waals surface area (Å²) in [6.07, 6.45) is 1.47. The van der Waals surface area contributed by atoms with E-state index in [1.165, 1.54) is 6.33 Å². The summed E-state index contributed by atoms with van der Waals surface area (Å²) in [5.74, 6) is 1.46. The summed E-state index contributed by atoms with van der Waals surface area (Å²) in [5.41, 5.74) is 5.88. The van der Waals surface area contributed by atoms with Crippen molar-refractivity contribution in [2.45, 2.75) is 33.4 Å². The summed E-state index contributed by atoms with van der Waals surface area (Å²) < 4.78 is 13.4. The van der Waals surface area contributed by atoms with Crippen molar-refractivity contribution in [2.75, 3.05) is 17.7 Å². The van der Waals surface area contributed by atoms with Crippen molar-refractivity contribution in [2.24, 2.45) is 0 Å². The number of nitrogens with one attached hydrogen (secondary N) is 2. The zero-order valence-corrected chi connectivity index (χ0v) is 22.3. The highest BCUT2D eigenvalue weighted by molar-refractivity contribution is 6.30. The van der Waals surface area contributed by atoms with Crippen LogP contribution in [0.3, 0.4) is 0 Å². The molecule has 9 heteroatoms. The van der Waals surface area contributed by atoms with Gasteiger partial charge in [-0.1, -0.05) is 47.5 Å². The lowest BCUT2D eigenvalue weighted by Gasteiger charge is -2.29. The SMILES string of the molecule is COc1cc([C@H]2C(C(=O)Nc3ccc(C)cc3C)=C(C)Nc3ncnn32)ccc1OCc1ccc(Cl)cc1. The molecule has 0 aliphatic carbocycles. The van der Waals surface area contributed by atoms with Crippen molar-refractivity contribution in [3.8, 4) is 11.5 Å². The van der Waals surface area contributed by atoms with Crippen LogP contribution in [0.15, 0.2) is 78.3 Å². The average Bonchev–Trinajstić information content (AvgIpc) is 3.37. The second-order valence-electron chi connectivity index (χ2n) is 9.19. The van der Waals surface area contributed by atoms with E-state index in [0.717, 1.165) is 27.9 Å². The number of carbonyl (C=O) groups is 1. The number of halogens is 1. The van der Waals surface area contributed by atoms with E-state index in [-0.39, 0.29) is 5.91 Å². The normalized spacial score (nSPS) is 14.5. The summed E-state index contributed by atoms with van der Waals surface area (Å²) in [7, 11) is 1.59. The molecule has 38 heavy (non-hydrogen) atoms. The van der Waals surface area contributed by atoms with E-state index in [0.29, 0.717) is 40.3 Å². The molecule has 1 aromatic heterocycles. The average molecular weight is 530 g/mol. The van der Waals surface area contributed by atoms with Crippen molar-refractivity contribution in [1.29, 1.82) is 0 Å². The van der Waals surface area contributed by atoms with Crippen LogP contribution in [-0.4, -0.2) is 27.8 Å². The van der Waals surface area contributed by atoms with Crippen molar-refractivity contribution in [3.63, 3.8) is 0 Å². The van der Waals surface area contributed by atoms with E-state index < -0.39 is 6.04 Å². The zero-order valence-electron chi connectivity index (χ0n) is 21.6. The van der Waals surface area contributed by atoms with Gasteiger partial charge in [0.25, 0.3) is 5.91 Å². The number of benzene rings is 3. The zero-order chi connectivity index (χ0) is 26.8. The first kappa shape index (κ1) is 25.4. The lowest BCUT2D eigenvalue weighted by molar-refractivity contribution is -0.113. The van der Waals surface area contributed by atoms with E-state index in [4.69, 9.17) is 21.1 Å². The van der Waals surface area contributed by atoms with Crippen molar-refractivity contribution in [1.82, 2.24) is 14.8 Å². The Morgan fingerprint density at radius 3 is 2.58 bits per heavy atom. The topological polar surface area (TPSA) is 90.3 Å². The number of methoxy groups -OCH3 is 1. The highest BCUT2D eigenvalue weighted by atomic mass is 35.5. The lowest BCUT2D eigenvalue weighted by atomic mass is 9.94. The minimum Gasteiger partial charge on any atom is -0.493 e. The van der Waals surface area contributed by atoms with Gasteiger partial charge in [0, 0.05) is 16.4 Å². The number of aryl methyl sites for hydroxylation is 2. The van der Waals surface area contributed by atoms with Gasteiger partial charge in [0.15, 0.2) is 11.5 Å².